The molecule has 2 amide bonds. The van der Waals surface area contributed by atoms with Crippen LogP contribution in [-0.2, 0) is 27.9 Å². The van der Waals surface area contributed by atoms with Crippen molar-refractivity contribution in [2.45, 2.75) is 117 Å². The van der Waals surface area contributed by atoms with E-state index in [0.29, 0.717) is 19.6 Å². The minimum atomic E-state index is -1.75. The van der Waals surface area contributed by atoms with E-state index >= 15 is 0 Å². The van der Waals surface area contributed by atoms with Crippen molar-refractivity contribution in [3.63, 3.8) is 0 Å². The predicted octanol–water partition coefficient (Wildman–Crippen LogP) is 6.73. The lowest BCUT2D eigenvalue weighted by molar-refractivity contribution is -0.139. The third kappa shape index (κ3) is 16.7. The van der Waals surface area contributed by atoms with Gasteiger partial charge in [0, 0.05) is 18.2 Å². The van der Waals surface area contributed by atoms with E-state index in [4.69, 9.17) is 23.1 Å². The first kappa shape index (κ1) is 38.1. The molecule has 10 nitrogen and oxygen atoms in total. The highest BCUT2D eigenvalue weighted by Crippen LogP contribution is 2.45. The van der Waals surface area contributed by atoms with Gasteiger partial charge >= 0.3 is 18.2 Å². The average Bonchev–Trinajstić information content (AvgIpc) is 2.84. The molecule has 0 saturated heterocycles. The summed E-state index contributed by atoms with van der Waals surface area (Å²) in [6.45, 7) is 23.6. The first-order valence-corrected chi connectivity index (χ1v) is 21.6. The lowest BCUT2D eigenvalue weighted by Gasteiger charge is -2.46. The molecule has 2 unspecified atom stereocenters. The molecule has 2 atom stereocenters. The molecule has 0 heterocycles. The van der Waals surface area contributed by atoms with Crippen molar-refractivity contribution in [2.24, 2.45) is 10.8 Å². The summed E-state index contributed by atoms with van der Waals surface area (Å²) in [5.41, 5.74) is -0.0118. The maximum absolute atomic E-state index is 12.5. The van der Waals surface area contributed by atoms with Gasteiger partial charge in [-0.1, -0.05) is 47.1 Å². The molecule has 1 aliphatic carbocycles. The number of unbranched alkanes of at least 4 members (excludes halogenated alkanes) is 1. The van der Waals surface area contributed by atoms with E-state index in [2.05, 4.69) is 71.1 Å². The van der Waals surface area contributed by atoms with Gasteiger partial charge in [-0.15, -0.1) is 0 Å². The van der Waals surface area contributed by atoms with Crippen molar-refractivity contribution < 1.29 is 37.4 Å². The van der Waals surface area contributed by atoms with E-state index in [9.17, 15) is 14.4 Å². The predicted molar refractivity (Wildman–Crippen MR) is 170 cm³/mol. The number of hydrogen-bond acceptors (Lipinski definition) is 8. The molecule has 0 aromatic rings. The Kier molecular flexibility index (Phi) is 15.8. The Morgan fingerprint density at radius 2 is 1.50 bits per heavy atom. The van der Waals surface area contributed by atoms with Gasteiger partial charge in [0.15, 0.2) is 23.4 Å². The lowest BCUT2D eigenvalue weighted by Crippen LogP contribution is -2.50. The van der Waals surface area contributed by atoms with Crippen LogP contribution >= 0.6 is 0 Å². The second-order valence-corrected chi connectivity index (χ2v) is 22.9. The highest BCUT2D eigenvalue weighted by atomic mass is 28.4. The van der Waals surface area contributed by atoms with Crippen molar-refractivity contribution in [2.75, 3.05) is 33.2 Å². The van der Waals surface area contributed by atoms with E-state index in [0.717, 1.165) is 25.3 Å². The van der Waals surface area contributed by atoms with E-state index in [1.807, 2.05) is 0 Å². The van der Waals surface area contributed by atoms with Crippen molar-refractivity contribution in [1.29, 1.82) is 0 Å². The van der Waals surface area contributed by atoms with E-state index in [-0.39, 0.29) is 42.5 Å². The summed E-state index contributed by atoms with van der Waals surface area (Å²) in [6.07, 6.45) is 4.59. The fraction of sp³-hybridized carbons (Fsp3) is 0.833. The molecule has 12 heteroatoms. The average molecular weight is 631 g/mol. The van der Waals surface area contributed by atoms with Crippen LogP contribution in [0.5, 0.6) is 0 Å². The van der Waals surface area contributed by atoms with Crippen LogP contribution in [0.15, 0.2) is 12.2 Å². The third-order valence-electron chi connectivity index (χ3n) is 7.35. The largest absolute Gasteiger partial charge is 0.459 e. The molecule has 42 heavy (non-hydrogen) atoms. The quantitative estimate of drug-likeness (QED) is 0.0427. The van der Waals surface area contributed by atoms with Crippen molar-refractivity contribution >= 4 is 34.8 Å². The summed E-state index contributed by atoms with van der Waals surface area (Å²) < 4.78 is 27.6. The molecule has 0 aliphatic heterocycles. The number of esters is 1. The first-order chi connectivity index (χ1) is 19.4. The third-order valence-corrected chi connectivity index (χ3v) is 14.9. The molecular formula is C30H58N2O8Si2. The Morgan fingerprint density at radius 3 is 2.12 bits per heavy atom. The number of hydrogen-bond donors (Lipinski definition) is 2. The first-order valence-electron chi connectivity index (χ1n) is 15.3. The van der Waals surface area contributed by atoms with Gasteiger partial charge in [0.25, 0.3) is 0 Å². The minimum absolute atomic E-state index is 0.0335. The van der Waals surface area contributed by atoms with Crippen LogP contribution in [0.4, 0.5) is 9.59 Å². The van der Waals surface area contributed by atoms with Crippen LogP contribution in [0.25, 0.3) is 0 Å². The standard InChI is InChI=1S/C30H58N2O8Si2/c1-11-12-17-41(7,8)40-42(9,10)18-13-14-36-23-39-28(35)32-25-19-29(4,5)21-30(6,20-25)22-31-27(34)38-16-15-37-26(33)24(2)3/h25H,2,11-23H2,1,3-10H3,(H,31,34)(H,32,35). The molecule has 0 aromatic heterocycles. The summed E-state index contributed by atoms with van der Waals surface area (Å²) in [4.78, 5) is 36.1. The summed E-state index contributed by atoms with van der Waals surface area (Å²) in [5, 5.41) is 5.80. The molecular weight excluding hydrogens is 573 g/mol. The number of ether oxygens (including phenoxy) is 4. The van der Waals surface area contributed by atoms with Gasteiger partial charge < -0.3 is 33.7 Å². The highest BCUT2D eigenvalue weighted by Gasteiger charge is 2.42. The number of alkyl carbamates (subject to hydrolysis) is 2. The zero-order chi connectivity index (χ0) is 32.0. The van der Waals surface area contributed by atoms with Crippen molar-refractivity contribution in [1.82, 2.24) is 10.6 Å². The Bertz CT molecular complexity index is 897. The Hall–Kier alpha value is -1.90. The molecule has 0 spiro atoms. The summed E-state index contributed by atoms with van der Waals surface area (Å²) >= 11 is 0. The van der Waals surface area contributed by atoms with Gasteiger partial charge in [0.1, 0.15) is 13.2 Å². The second-order valence-electron chi connectivity index (χ2n) is 14.1. The fourth-order valence-corrected chi connectivity index (χ4v) is 15.0. The monoisotopic (exact) mass is 630 g/mol. The number of carbonyl (C=O) groups is 3. The van der Waals surface area contributed by atoms with E-state index < -0.39 is 34.8 Å². The second kappa shape index (κ2) is 17.4. The number of carbonyl (C=O) groups excluding carboxylic acids is 3. The number of rotatable bonds is 18. The smallest absolute Gasteiger partial charge is 0.409 e. The number of amides is 2. The zero-order valence-electron chi connectivity index (χ0n) is 27.7. The molecule has 2 N–H and O–H groups in total. The van der Waals surface area contributed by atoms with Gasteiger partial charge in [-0.3, -0.25) is 0 Å². The lowest BCUT2D eigenvalue weighted by atomic mass is 9.62. The molecule has 1 aliphatic rings. The summed E-state index contributed by atoms with van der Waals surface area (Å²) in [6, 6.07) is 2.12. The maximum Gasteiger partial charge on any atom is 0.409 e. The molecule has 0 aromatic carbocycles. The highest BCUT2D eigenvalue weighted by molar-refractivity contribution is 6.84. The van der Waals surface area contributed by atoms with Gasteiger partial charge in [-0.25, -0.2) is 14.4 Å². The molecule has 1 rings (SSSR count). The zero-order valence-corrected chi connectivity index (χ0v) is 29.7. The van der Waals surface area contributed by atoms with Crippen LogP contribution in [-0.4, -0.2) is 74.0 Å². The van der Waals surface area contributed by atoms with Crippen molar-refractivity contribution in [3.05, 3.63) is 12.2 Å². The van der Waals surface area contributed by atoms with Crippen LogP contribution in [0.1, 0.15) is 73.1 Å². The SMILES string of the molecule is C=C(C)C(=O)OCCOC(=O)NCC1(C)CC(NC(=O)OCOCCC[Si](C)(C)O[Si](C)(C)CCCC)CC(C)(C)C1. The van der Waals surface area contributed by atoms with Crippen LogP contribution in [0.3, 0.4) is 0 Å². The van der Waals surface area contributed by atoms with Crippen molar-refractivity contribution in [3.8, 4) is 0 Å². The molecule has 244 valence electrons. The topological polar surface area (TPSA) is 121 Å². The van der Waals surface area contributed by atoms with Crippen LogP contribution in [0, 0.1) is 10.8 Å². The fourth-order valence-electron chi connectivity index (χ4n) is 6.01. The van der Waals surface area contributed by atoms with E-state index in [1.54, 1.807) is 6.92 Å². The molecule has 1 fully saturated rings. The summed E-state index contributed by atoms with van der Waals surface area (Å²) in [5.74, 6) is -0.519. The van der Waals surface area contributed by atoms with Gasteiger partial charge in [0.05, 0.1) is 6.61 Å². The van der Waals surface area contributed by atoms with Gasteiger partial charge in [-0.05, 0) is 81.7 Å². The van der Waals surface area contributed by atoms with Gasteiger partial charge in [0.2, 0.25) is 0 Å². The minimum Gasteiger partial charge on any atom is -0.459 e. The Balaban J connectivity index is 2.38. The number of nitrogens with one attached hydrogen (secondary N) is 2. The van der Waals surface area contributed by atoms with Crippen LogP contribution < -0.4 is 10.6 Å². The maximum atomic E-state index is 12.5. The molecule has 0 radical (unpaired) electrons. The van der Waals surface area contributed by atoms with Crippen LogP contribution in [0.2, 0.25) is 38.3 Å². The Morgan fingerprint density at radius 1 is 0.881 bits per heavy atom. The molecule has 1 saturated carbocycles. The summed E-state index contributed by atoms with van der Waals surface area (Å²) in [7, 11) is -3.37. The Labute approximate surface area is 256 Å². The van der Waals surface area contributed by atoms with Gasteiger partial charge in [-0.2, -0.15) is 0 Å². The normalized spacial score (nSPS) is 20.4. The molecule has 0 bridgehead atoms. The van der Waals surface area contributed by atoms with E-state index in [1.165, 1.54) is 18.9 Å².